The Morgan fingerprint density at radius 3 is 2.46 bits per heavy atom. The molecule has 0 fully saturated rings. The van der Waals surface area contributed by atoms with Gasteiger partial charge >= 0.3 is 58.2 Å². The Kier molecular flexibility index (Phi) is 3.98. The van der Waals surface area contributed by atoms with E-state index in [9.17, 15) is 5.11 Å². The Morgan fingerprint density at radius 1 is 1.00 bits per heavy atom. The Hall–Kier alpha value is 0.175. The van der Waals surface area contributed by atoms with Crippen LogP contribution >= 0.6 is 0 Å². The quantitative estimate of drug-likeness (QED) is 0.631. The van der Waals surface area contributed by atoms with Crippen LogP contribution in [-0.2, 0) is 0 Å². The van der Waals surface area contributed by atoms with E-state index in [-0.39, 0.29) is 63.9 Å². The second-order valence-corrected chi connectivity index (χ2v) is 2.78. The Bertz CT molecular complexity index is 423. The number of hydrogen-bond acceptors (Lipinski definition) is 1. The number of fused-ring (bicyclic) bond motifs is 1. The van der Waals surface area contributed by atoms with Gasteiger partial charge in [-0.2, -0.15) is 6.92 Å². The van der Waals surface area contributed by atoms with Gasteiger partial charge in [0.1, 0.15) is 0 Å². The molecule has 0 aliphatic rings. The van der Waals surface area contributed by atoms with Gasteiger partial charge in [0.25, 0.3) is 0 Å². The fraction of sp³-hybridized carbons (Fsp3) is 0. The van der Waals surface area contributed by atoms with Gasteiger partial charge in [-0.05, 0) is 0 Å². The van der Waals surface area contributed by atoms with Crippen LogP contribution in [0.3, 0.4) is 0 Å². The van der Waals surface area contributed by atoms with Crippen LogP contribution < -0.4 is 58.2 Å². The minimum absolute atomic E-state index is 0. The summed E-state index contributed by atoms with van der Waals surface area (Å²) >= 11 is 0. The molecule has 0 unspecified atom stereocenters. The molecule has 0 saturated heterocycles. The number of phenolic OH excluding ortho intramolecular Hbond substituents is 1. The zero-order chi connectivity index (χ0) is 8.55. The van der Waals surface area contributed by atoms with Crippen molar-refractivity contribution >= 4 is 10.8 Å². The first-order chi connectivity index (χ1) is 5.79. The van der Waals surface area contributed by atoms with Crippen molar-refractivity contribution in [2.45, 2.75) is 0 Å². The summed E-state index contributed by atoms with van der Waals surface area (Å²) in [6, 6.07) is 11.4. The Labute approximate surface area is 127 Å². The van der Waals surface area contributed by atoms with Gasteiger partial charge in [0.05, 0.1) is 0 Å². The van der Waals surface area contributed by atoms with Crippen molar-refractivity contribution in [3.63, 3.8) is 0 Å². The predicted octanol–water partition coefficient (Wildman–Crippen LogP) is -0.268. The monoisotopic (exact) mass is 242 g/mol. The molecule has 2 aromatic carbocycles. The van der Waals surface area contributed by atoms with E-state index in [1.807, 2.05) is 30.3 Å². The molecule has 2 aromatic rings. The van der Waals surface area contributed by atoms with E-state index >= 15 is 0 Å². The predicted molar refractivity (Wildman–Crippen MR) is 50.1 cm³/mol. The second-order valence-electron chi connectivity index (χ2n) is 2.78. The zero-order valence-corrected chi connectivity index (χ0v) is 12.5. The first-order valence-corrected chi connectivity index (χ1v) is 3.82. The summed E-state index contributed by atoms with van der Waals surface area (Å²) in [5.41, 5.74) is 0.702. The molecule has 0 atom stereocenters. The third-order valence-corrected chi connectivity index (χ3v) is 2.02. The molecule has 1 N–H and O–H groups in total. The van der Waals surface area contributed by atoms with Crippen molar-refractivity contribution in [3.8, 4) is 5.75 Å². The first-order valence-electron chi connectivity index (χ1n) is 3.82. The third kappa shape index (κ3) is 2.16. The maximum Gasteiger partial charge on any atom is 1.00 e. The Balaban J connectivity index is 0.000000845. The number of aromatic hydroxyl groups is 1. The Morgan fingerprint density at radius 2 is 1.69 bits per heavy atom. The molecule has 0 bridgehead atoms. The van der Waals surface area contributed by atoms with E-state index in [1.54, 1.807) is 6.07 Å². The summed E-state index contributed by atoms with van der Waals surface area (Å²) in [6.07, 6.45) is 0. The molecule has 2 heteroatoms. The van der Waals surface area contributed by atoms with E-state index in [0.29, 0.717) is 5.56 Å². The van der Waals surface area contributed by atoms with Crippen molar-refractivity contribution in [3.05, 3.63) is 48.9 Å². The van der Waals surface area contributed by atoms with Crippen molar-refractivity contribution in [1.82, 2.24) is 0 Å². The molecule has 13 heavy (non-hydrogen) atoms. The van der Waals surface area contributed by atoms with Gasteiger partial charge in [-0.25, -0.2) is 0 Å². The van der Waals surface area contributed by atoms with E-state index < -0.39 is 0 Å². The van der Waals surface area contributed by atoms with Crippen molar-refractivity contribution in [1.29, 1.82) is 0 Å². The summed E-state index contributed by atoms with van der Waals surface area (Å²) in [5, 5.41) is 11.5. The molecule has 0 aromatic heterocycles. The van der Waals surface area contributed by atoms with Gasteiger partial charge in [0.15, 0.2) is 0 Å². The molecule has 1 nitrogen and oxygen atoms in total. The smallest absolute Gasteiger partial charge is 0.565 e. The minimum Gasteiger partial charge on any atom is -0.565 e. The van der Waals surface area contributed by atoms with Crippen LogP contribution in [0.1, 0.15) is 5.56 Å². The van der Waals surface area contributed by atoms with Crippen molar-refractivity contribution < 1.29 is 63.3 Å². The maximum atomic E-state index is 9.35. The summed E-state index contributed by atoms with van der Waals surface area (Å²) in [5.74, 6) is 0.258. The van der Waals surface area contributed by atoms with Crippen LogP contribution in [0, 0.1) is 6.92 Å². The van der Waals surface area contributed by atoms with E-state index in [0.717, 1.165) is 10.8 Å². The van der Waals surface area contributed by atoms with Crippen molar-refractivity contribution in [2.24, 2.45) is 0 Å². The fourth-order valence-electron chi connectivity index (χ4n) is 1.32. The second kappa shape index (κ2) is 4.60. The summed E-state index contributed by atoms with van der Waals surface area (Å²) in [4.78, 5) is 0. The molecule has 0 spiro atoms. The summed E-state index contributed by atoms with van der Waals surface area (Å²) < 4.78 is 0. The average molecular weight is 243 g/mol. The van der Waals surface area contributed by atoms with Gasteiger partial charge in [-0.3, -0.25) is 0 Å². The largest absolute Gasteiger partial charge is 1.00 e. The van der Waals surface area contributed by atoms with Gasteiger partial charge in [-0.15, -0.1) is 17.0 Å². The van der Waals surface area contributed by atoms with E-state index in [4.69, 9.17) is 0 Å². The minimum atomic E-state index is 0. The molecule has 0 aliphatic carbocycles. The van der Waals surface area contributed by atoms with E-state index in [1.165, 1.54) is 0 Å². The number of rotatable bonds is 0. The van der Waals surface area contributed by atoms with E-state index in [2.05, 4.69) is 6.92 Å². The topological polar surface area (TPSA) is 20.2 Å². The van der Waals surface area contributed by atoms with Crippen LogP contribution in [0.15, 0.2) is 36.4 Å². The van der Waals surface area contributed by atoms with Crippen LogP contribution in [0.5, 0.6) is 5.75 Å². The zero-order valence-electron chi connectivity index (χ0n) is 7.62. The molecule has 2 rings (SSSR count). The molecule has 0 saturated carbocycles. The molecular weight excluding hydrogens is 234 g/mol. The number of hydrogen-bond donors (Lipinski definition) is 1. The molecular formula is C11H9ORb. The summed E-state index contributed by atoms with van der Waals surface area (Å²) in [6.45, 7) is 3.80. The van der Waals surface area contributed by atoms with Gasteiger partial charge in [-0.1, -0.05) is 35.7 Å². The molecule has 0 radical (unpaired) electrons. The molecule has 0 amide bonds. The van der Waals surface area contributed by atoms with Crippen LogP contribution in [0.25, 0.3) is 10.8 Å². The normalized spacial score (nSPS) is 9.54. The standard InChI is InChI=1S/C11H9O.Rb/c1-8-10-5-3-2-4-9(10)6-7-11(8)12;/h2-7,12H,1H2;/q-1;+1. The maximum absolute atomic E-state index is 9.35. The van der Waals surface area contributed by atoms with Gasteiger partial charge in [0, 0.05) is 5.75 Å². The van der Waals surface area contributed by atoms with Crippen LogP contribution in [-0.4, -0.2) is 5.11 Å². The number of phenols is 1. The molecule has 0 aliphatic heterocycles. The summed E-state index contributed by atoms with van der Waals surface area (Å²) in [7, 11) is 0. The molecule has 0 heterocycles. The van der Waals surface area contributed by atoms with Crippen LogP contribution in [0.4, 0.5) is 0 Å². The third-order valence-electron chi connectivity index (χ3n) is 2.02. The number of benzene rings is 2. The van der Waals surface area contributed by atoms with Crippen molar-refractivity contribution in [2.75, 3.05) is 0 Å². The fourth-order valence-corrected chi connectivity index (χ4v) is 1.32. The SMILES string of the molecule is [CH2-]c1c(O)ccc2ccccc12.[Rb+]. The average Bonchev–Trinajstić information content (AvgIpc) is 2.12. The van der Waals surface area contributed by atoms with Gasteiger partial charge < -0.3 is 5.11 Å². The van der Waals surface area contributed by atoms with Crippen LogP contribution in [0.2, 0.25) is 0 Å². The molecule has 60 valence electrons. The first kappa shape index (κ1) is 11.3. The van der Waals surface area contributed by atoms with Gasteiger partial charge in [0.2, 0.25) is 0 Å².